The average molecular weight is 341 g/mol. The third-order valence-corrected chi connectivity index (χ3v) is 4.54. The number of ether oxygens (including phenoxy) is 1. The van der Waals surface area contributed by atoms with Gasteiger partial charge in [-0.2, -0.15) is 0 Å². The van der Waals surface area contributed by atoms with Crippen LogP contribution in [0.15, 0.2) is 11.8 Å². The van der Waals surface area contributed by atoms with Gasteiger partial charge in [-0.05, 0) is 18.9 Å². The van der Waals surface area contributed by atoms with Gasteiger partial charge in [0.1, 0.15) is 0 Å². The number of carbonyl (C=O) groups excluding carboxylic acids is 1. The van der Waals surface area contributed by atoms with E-state index in [4.69, 9.17) is 0 Å². The van der Waals surface area contributed by atoms with E-state index in [0.717, 1.165) is 12.8 Å². The average Bonchev–Trinajstić information content (AvgIpc) is 2.60. The quantitative estimate of drug-likeness (QED) is 0.136. The van der Waals surface area contributed by atoms with E-state index < -0.39 is 5.97 Å². The number of esters is 1. The molecule has 142 valence electrons. The fraction of sp³-hybridized carbons (Fsp3) is 0.857. The molecule has 3 heteroatoms. The fourth-order valence-corrected chi connectivity index (χ4v) is 2.94. The van der Waals surface area contributed by atoms with E-state index in [0.29, 0.717) is 0 Å². The first-order chi connectivity index (χ1) is 11.7. The molecule has 0 aliphatic carbocycles. The minimum atomic E-state index is -0.643. The van der Waals surface area contributed by atoms with Gasteiger partial charge in [0.25, 0.3) is 0 Å². The van der Waals surface area contributed by atoms with Crippen molar-refractivity contribution in [3.8, 4) is 0 Å². The molecule has 24 heavy (non-hydrogen) atoms. The van der Waals surface area contributed by atoms with E-state index in [-0.39, 0.29) is 5.76 Å². The lowest BCUT2D eigenvalue weighted by Crippen LogP contribution is -2.03. The number of hydrogen-bond donors (Lipinski definition) is 1. The highest BCUT2D eigenvalue weighted by molar-refractivity contribution is 5.85. The van der Waals surface area contributed by atoms with Crippen molar-refractivity contribution in [1.82, 2.24) is 0 Å². The van der Waals surface area contributed by atoms with Crippen LogP contribution in [-0.4, -0.2) is 18.2 Å². The zero-order valence-corrected chi connectivity index (χ0v) is 16.2. The number of unbranched alkanes of at least 4 members (excludes halogenated alkanes) is 15. The Labute approximate surface area is 149 Å². The Morgan fingerprint density at radius 3 is 1.50 bits per heavy atom. The number of aliphatic hydroxyl groups is 1. The molecule has 0 heterocycles. The lowest BCUT2D eigenvalue weighted by molar-refractivity contribution is -0.139. The summed E-state index contributed by atoms with van der Waals surface area (Å²) in [6.45, 7) is 2.27. The van der Waals surface area contributed by atoms with Crippen molar-refractivity contribution in [2.75, 3.05) is 7.11 Å². The van der Waals surface area contributed by atoms with Crippen LogP contribution in [0.25, 0.3) is 0 Å². The number of carbonyl (C=O) groups is 1. The van der Waals surface area contributed by atoms with E-state index in [1.54, 1.807) is 6.08 Å². The van der Waals surface area contributed by atoms with Gasteiger partial charge in [-0.25, -0.2) is 4.79 Å². The first kappa shape index (κ1) is 23.0. The van der Waals surface area contributed by atoms with E-state index in [9.17, 15) is 9.90 Å². The van der Waals surface area contributed by atoms with E-state index in [1.165, 1.54) is 97.0 Å². The molecule has 0 aromatic carbocycles. The van der Waals surface area contributed by atoms with Crippen LogP contribution in [0.5, 0.6) is 0 Å². The van der Waals surface area contributed by atoms with Crippen LogP contribution >= 0.6 is 0 Å². The van der Waals surface area contributed by atoms with Gasteiger partial charge in [0.05, 0.1) is 7.11 Å². The second-order valence-corrected chi connectivity index (χ2v) is 6.82. The zero-order valence-electron chi connectivity index (χ0n) is 16.2. The minimum Gasteiger partial charge on any atom is -0.502 e. The van der Waals surface area contributed by atoms with Crippen molar-refractivity contribution in [1.29, 1.82) is 0 Å². The monoisotopic (exact) mass is 340 g/mol. The predicted molar refractivity (Wildman–Crippen MR) is 102 cm³/mol. The molecule has 0 saturated carbocycles. The SMILES string of the molecule is CCCCCCCCCCCCCCCCCC=C(O)C(=O)OC. The second kappa shape index (κ2) is 18.4. The Kier molecular flexibility index (Phi) is 17.6. The first-order valence-corrected chi connectivity index (χ1v) is 10.2. The maximum absolute atomic E-state index is 11.0. The first-order valence-electron chi connectivity index (χ1n) is 10.2. The Morgan fingerprint density at radius 1 is 0.750 bits per heavy atom. The summed E-state index contributed by atoms with van der Waals surface area (Å²) in [7, 11) is 1.28. The summed E-state index contributed by atoms with van der Waals surface area (Å²) in [6.07, 6.45) is 22.5. The normalized spacial score (nSPS) is 11.7. The van der Waals surface area contributed by atoms with Gasteiger partial charge in [0, 0.05) is 0 Å². The van der Waals surface area contributed by atoms with Crippen molar-refractivity contribution in [3.63, 3.8) is 0 Å². The maximum Gasteiger partial charge on any atom is 0.372 e. The fourth-order valence-electron chi connectivity index (χ4n) is 2.94. The number of methoxy groups -OCH3 is 1. The lowest BCUT2D eigenvalue weighted by atomic mass is 10.0. The molecule has 0 rings (SSSR count). The third-order valence-electron chi connectivity index (χ3n) is 4.54. The van der Waals surface area contributed by atoms with Crippen LogP contribution < -0.4 is 0 Å². The van der Waals surface area contributed by atoms with E-state index >= 15 is 0 Å². The standard InChI is InChI=1S/C21H40O3/c1-3-4-5-6-7-8-9-10-11-12-13-14-15-16-17-18-19-20(22)21(23)24-2/h19,22H,3-18H2,1-2H3. The molecule has 0 bridgehead atoms. The van der Waals surface area contributed by atoms with Crippen LogP contribution in [0.1, 0.15) is 110 Å². The zero-order chi connectivity index (χ0) is 17.9. The van der Waals surface area contributed by atoms with Gasteiger partial charge in [0.2, 0.25) is 0 Å². The van der Waals surface area contributed by atoms with Crippen LogP contribution in [0.2, 0.25) is 0 Å². The molecule has 0 fully saturated rings. The Bertz CT molecular complexity index is 310. The molecular formula is C21H40O3. The van der Waals surface area contributed by atoms with Gasteiger partial charge in [-0.15, -0.1) is 0 Å². The summed E-state index contributed by atoms with van der Waals surface area (Å²) in [5.74, 6) is -0.904. The number of hydrogen-bond acceptors (Lipinski definition) is 3. The van der Waals surface area contributed by atoms with Crippen molar-refractivity contribution in [2.24, 2.45) is 0 Å². The highest BCUT2D eigenvalue weighted by atomic mass is 16.5. The molecule has 1 N–H and O–H groups in total. The van der Waals surface area contributed by atoms with E-state index in [2.05, 4.69) is 11.7 Å². The van der Waals surface area contributed by atoms with Gasteiger partial charge in [-0.3, -0.25) is 0 Å². The maximum atomic E-state index is 11.0. The Hall–Kier alpha value is -0.990. The molecule has 0 aliphatic rings. The molecule has 0 unspecified atom stereocenters. The molecule has 0 aromatic rings. The molecule has 0 saturated heterocycles. The minimum absolute atomic E-state index is 0.261. The molecular weight excluding hydrogens is 300 g/mol. The largest absolute Gasteiger partial charge is 0.502 e. The van der Waals surface area contributed by atoms with Crippen LogP contribution in [0.3, 0.4) is 0 Å². The molecule has 3 nitrogen and oxygen atoms in total. The summed E-state index contributed by atoms with van der Waals surface area (Å²) in [5.41, 5.74) is 0. The Morgan fingerprint density at radius 2 is 1.12 bits per heavy atom. The van der Waals surface area contributed by atoms with Crippen LogP contribution in [-0.2, 0) is 9.53 Å². The summed E-state index contributed by atoms with van der Waals surface area (Å²) in [4.78, 5) is 11.0. The van der Waals surface area contributed by atoms with Crippen molar-refractivity contribution in [3.05, 3.63) is 11.8 Å². The topological polar surface area (TPSA) is 46.5 Å². The van der Waals surface area contributed by atoms with Gasteiger partial charge in [-0.1, -0.05) is 96.8 Å². The molecule has 0 aliphatic heterocycles. The van der Waals surface area contributed by atoms with Crippen molar-refractivity contribution in [2.45, 2.75) is 110 Å². The molecule has 0 atom stereocenters. The molecule has 0 amide bonds. The number of aliphatic hydroxyl groups excluding tert-OH is 1. The van der Waals surface area contributed by atoms with Crippen molar-refractivity contribution >= 4 is 5.97 Å². The molecule has 0 spiro atoms. The smallest absolute Gasteiger partial charge is 0.372 e. The third kappa shape index (κ3) is 15.9. The summed E-state index contributed by atoms with van der Waals surface area (Å²) < 4.78 is 4.43. The molecule has 0 aromatic heterocycles. The lowest BCUT2D eigenvalue weighted by Gasteiger charge is -2.03. The highest BCUT2D eigenvalue weighted by Crippen LogP contribution is 2.13. The van der Waals surface area contributed by atoms with Gasteiger partial charge < -0.3 is 9.84 Å². The summed E-state index contributed by atoms with van der Waals surface area (Å²) in [6, 6.07) is 0. The van der Waals surface area contributed by atoms with Crippen LogP contribution in [0, 0.1) is 0 Å². The van der Waals surface area contributed by atoms with E-state index in [1.807, 2.05) is 0 Å². The number of rotatable bonds is 17. The van der Waals surface area contributed by atoms with Crippen molar-refractivity contribution < 1.29 is 14.6 Å². The predicted octanol–water partition coefficient (Wildman–Crippen LogP) is 6.86. The van der Waals surface area contributed by atoms with Crippen LogP contribution in [0.4, 0.5) is 0 Å². The van der Waals surface area contributed by atoms with Gasteiger partial charge in [0.15, 0.2) is 5.76 Å². The summed E-state index contributed by atoms with van der Waals surface area (Å²) >= 11 is 0. The second-order valence-electron chi connectivity index (χ2n) is 6.82. The molecule has 0 radical (unpaired) electrons. The highest BCUT2D eigenvalue weighted by Gasteiger charge is 2.04. The van der Waals surface area contributed by atoms with Gasteiger partial charge >= 0.3 is 5.97 Å². The summed E-state index contributed by atoms with van der Waals surface area (Å²) in [5, 5.41) is 9.32. The Balaban J connectivity index is 3.17. The number of allylic oxidation sites excluding steroid dienone is 1.